The number of hydrogen-bond acceptors (Lipinski definition) is 4. The van der Waals surface area contributed by atoms with Crippen LogP contribution in [0.1, 0.15) is 84.5 Å². The Bertz CT molecular complexity index is 507. The maximum Gasteiger partial charge on any atom is 0.303 e. The van der Waals surface area contributed by atoms with Crippen molar-refractivity contribution in [2.75, 3.05) is 7.11 Å². The van der Waals surface area contributed by atoms with Crippen LogP contribution in [0, 0.1) is 5.92 Å². The van der Waals surface area contributed by atoms with E-state index in [9.17, 15) is 15.0 Å². The molecule has 0 fully saturated rings. The molecule has 3 atom stereocenters. The number of aliphatic hydroxyl groups excluding tert-OH is 1. The van der Waals surface area contributed by atoms with Crippen LogP contribution in [-0.4, -0.2) is 40.1 Å². The predicted octanol–water partition coefficient (Wildman–Crippen LogP) is 4.58. The van der Waals surface area contributed by atoms with Crippen LogP contribution < -0.4 is 0 Å². The molecule has 27 heavy (non-hydrogen) atoms. The first-order valence-electron chi connectivity index (χ1n) is 10.4. The van der Waals surface area contributed by atoms with Gasteiger partial charge in [-0.1, -0.05) is 51.2 Å². The summed E-state index contributed by atoms with van der Waals surface area (Å²) >= 11 is 0. The lowest BCUT2D eigenvalue weighted by molar-refractivity contribution is -0.137. The number of aliphatic hydroxyl groups is 2. The third-order valence-electron chi connectivity index (χ3n) is 5.35. The van der Waals surface area contributed by atoms with Crippen molar-refractivity contribution in [3.05, 3.63) is 23.5 Å². The zero-order chi connectivity index (χ0) is 20.3. The first-order valence-corrected chi connectivity index (χ1v) is 10.4. The van der Waals surface area contributed by atoms with Crippen molar-refractivity contribution >= 4 is 5.97 Å². The minimum absolute atomic E-state index is 0.114. The Balaban J connectivity index is 2.61. The van der Waals surface area contributed by atoms with Gasteiger partial charge in [-0.15, -0.1) is 0 Å². The third-order valence-corrected chi connectivity index (χ3v) is 5.35. The molecule has 0 aliphatic heterocycles. The molecule has 3 N–H and O–H groups in total. The van der Waals surface area contributed by atoms with Crippen molar-refractivity contribution < 1.29 is 24.9 Å². The quantitative estimate of drug-likeness (QED) is 0.302. The van der Waals surface area contributed by atoms with Crippen molar-refractivity contribution in [1.29, 1.82) is 0 Å². The second-order valence-corrected chi connectivity index (χ2v) is 7.93. The lowest BCUT2D eigenvalue weighted by atomic mass is 9.90. The molecule has 0 radical (unpaired) electrons. The molecular weight excluding hydrogens is 344 g/mol. The molecule has 0 bridgehead atoms. The number of aliphatic carboxylic acids is 1. The average molecular weight is 383 g/mol. The number of unbranched alkanes of at least 4 members (excludes halogenated alkanes) is 5. The van der Waals surface area contributed by atoms with Crippen molar-refractivity contribution in [2.24, 2.45) is 5.92 Å². The van der Waals surface area contributed by atoms with E-state index in [-0.39, 0.29) is 12.3 Å². The van der Waals surface area contributed by atoms with E-state index >= 15 is 0 Å². The Labute approximate surface area is 164 Å². The molecule has 5 heteroatoms. The maximum absolute atomic E-state index is 10.6. The number of ether oxygens (including phenoxy) is 1. The first kappa shape index (κ1) is 23.7. The maximum atomic E-state index is 10.6. The van der Waals surface area contributed by atoms with Crippen molar-refractivity contribution in [1.82, 2.24) is 0 Å². The minimum atomic E-state index is -0.855. The fourth-order valence-electron chi connectivity index (χ4n) is 3.70. The van der Waals surface area contributed by atoms with E-state index in [1.54, 1.807) is 7.11 Å². The van der Waals surface area contributed by atoms with Gasteiger partial charge in [-0.25, -0.2) is 0 Å². The first-order chi connectivity index (χ1) is 12.8. The van der Waals surface area contributed by atoms with E-state index in [4.69, 9.17) is 9.84 Å². The highest BCUT2D eigenvalue weighted by molar-refractivity contribution is 5.66. The van der Waals surface area contributed by atoms with Crippen LogP contribution in [0.25, 0.3) is 0 Å². The summed E-state index contributed by atoms with van der Waals surface area (Å²) in [5.41, 5.74) is 0.260. The average Bonchev–Trinajstić information content (AvgIpc) is 2.91. The Hall–Kier alpha value is -1.33. The van der Waals surface area contributed by atoms with Crippen LogP contribution >= 0.6 is 0 Å². The zero-order valence-corrected chi connectivity index (χ0v) is 17.2. The second kappa shape index (κ2) is 12.2. The molecule has 0 spiro atoms. The highest BCUT2D eigenvalue weighted by atomic mass is 16.5. The van der Waals surface area contributed by atoms with E-state index in [1.807, 2.05) is 19.1 Å². The molecule has 0 aromatic carbocycles. The Morgan fingerprint density at radius 1 is 1.22 bits per heavy atom. The van der Waals surface area contributed by atoms with Crippen LogP contribution in [0.4, 0.5) is 0 Å². The molecule has 0 saturated carbocycles. The number of methoxy groups -OCH3 is 1. The lowest BCUT2D eigenvalue weighted by Gasteiger charge is -2.21. The van der Waals surface area contributed by atoms with Gasteiger partial charge in [0.05, 0.1) is 24.6 Å². The summed E-state index contributed by atoms with van der Waals surface area (Å²) in [5.74, 6) is -0.000542. The van der Waals surface area contributed by atoms with Crippen molar-refractivity contribution in [2.45, 2.75) is 96.2 Å². The Morgan fingerprint density at radius 3 is 2.56 bits per heavy atom. The number of carboxylic acid groups (broad SMARTS) is 1. The van der Waals surface area contributed by atoms with E-state index in [2.05, 4.69) is 6.92 Å². The van der Waals surface area contributed by atoms with Crippen LogP contribution in [-0.2, 0) is 9.53 Å². The van der Waals surface area contributed by atoms with Crippen LogP contribution in [0.15, 0.2) is 23.5 Å². The lowest BCUT2D eigenvalue weighted by Crippen LogP contribution is -2.22. The summed E-state index contributed by atoms with van der Waals surface area (Å²) < 4.78 is 5.49. The minimum Gasteiger partial charge on any atom is -0.501 e. The van der Waals surface area contributed by atoms with Crippen LogP contribution in [0.3, 0.4) is 0 Å². The largest absolute Gasteiger partial charge is 0.501 e. The van der Waals surface area contributed by atoms with Gasteiger partial charge in [0.2, 0.25) is 0 Å². The summed E-state index contributed by atoms with van der Waals surface area (Å²) in [7, 11) is 1.64. The number of rotatable bonds is 14. The normalized spacial score (nSPS) is 22.4. The van der Waals surface area contributed by atoms with Gasteiger partial charge >= 0.3 is 5.97 Å². The molecule has 1 aliphatic rings. The monoisotopic (exact) mass is 382 g/mol. The fourth-order valence-corrected chi connectivity index (χ4v) is 3.70. The summed E-state index contributed by atoms with van der Waals surface area (Å²) in [4.78, 5) is 10.6. The topological polar surface area (TPSA) is 87.0 Å². The molecule has 0 aromatic heterocycles. The summed E-state index contributed by atoms with van der Waals surface area (Å²) in [5, 5.41) is 29.7. The number of carbonyl (C=O) groups is 1. The van der Waals surface area contributed by atoms with E-state index in [0.29, 0.717) is 12.8 Å². The summed E-state index contributed by atoms with van der Waals surface area (Å²) in [6.45, 7) is 3.97. The molecule has 0 aromatic rings. The molecule has 0 unspecified atom stereocenters. The SMILES string of the molecule is CCCCC[C@](C)(O)/C=C/[C@@H]1C(CCCCCCC(=O)O)=C(OC)C[C@H]1O. The van der Waals surface area contributed by atoms with Gasteiger partial charge in [0.25, 0.3) is 0 Å². The van der Waals surface area contributed by atoms with Crippen molar-refractivity contribution in [3.63, 3.8) is 0 Å². The molecule has 5 nitrogen and oxygen atoms in total. The van der Waals surface area contributed by atoms with Gasteiger partial charge in [0, 0.05) is 18.8 Å². The van der Waals surface area contributed by atoms with Gasteiger partial charge in [0.15, 0.2) is 0 Å². The van der Waals surface area contributed by atoms with Crippen LogP contribution in [0.5, 0.6) is 0 Å². The van der Waals surface area contributed by atoms with E-state index in [1.165, 1.54) is 0 Å². The molecule has 156 valence electrons. The van der Waals surface area contributed by atoms with Gasteiger partial charge in [0.1, 0.15) is 0 Å². The second-order valence-electron chi connectivity index (χ2n) is 7.93. The smallest absolute Gasteiger partial charge is 0.303 e. The molecule has 1 rings (SSSR count). The third kappa shape index (κ3) is 8.93. The van der Waals surface area contributed by atoms with Gasteiger partial charge < -0.3 is 20.1 Å². The van der Waals surface area contributed by atoms with E-state index in [0.717, 1.165) is 62.7 Å². The van der Waals surface area contributed by atoms with Crippen LogP contribution in [0.2, 0.25) is 0 Å². The molecule has 0 amide bonds. The van der Waals surface area contributed by atoms with Gasteiger partial charge in [-0.05, 0) is 38.2 Å². The van der Waals surface area contributed by atoms with Gasteiger partial charge in [-0.3, -0.25) is 4.79 Å². The number of carboxylic acids is 1. The molecule has 1 aliphatic carbocycles. The van der Waals surface area contributed by atoms with E-state index < -0.39 is 17.7 Å². The Kier molecular flexibility index (Phi) is 10.7. The molecule has 0 heterocycles. The Morgan fingerprint density at radius 2 is 1.93 bits per heavy atom. The fraction of sp³-hybridized carbons (Fsp3) is 0.773. The molecular formula is C22H38O5. The summed E-state index contributed by atoms with van der Waals surface area (Å²) in [6, 6.07) is 0. The van der Waals surface area contributed by atoms with Gasteiger partial charge in [-0.2, -0.15) is 0 Å². The highest BCUT2D eigenvalue weighted by Crippen LogP contribution is 2.37. The zero-order valence-electron chi connectivity index (χ0n) is 17.2. The predicted molar refractivity (Wildman–Crippen MR) is 107 cm³/mol. The standard InChI is InChI=1S/C22H38O5/c1-4-5-10-14-22(2,26)15-13-17-18(20(27-3)16-19(17)23)11-8-6-7-9-12-21(24)25/h13,15,17,19,23,26H,4-12,14,16H2,1-3H3,(H,24,25)/b15-13+/t17-,19-,22+/m1/s1. The number of hydrogen-bond donors (Lipinski definition) is 3. The highest BCUT2D eigenvalue weighted by Gasteiger charge is 2.32. The summed E-state index contributed by atoms with van der Waals surface area (Å²) in [6.07, 6.45) is 12.3. The molecule has 0 saturated heterocycles. The van der Waals surface area contributed by atoms with Crippen molar-refractivity contribution in [3.8, 4) is 0 Å².